The first-order chi connectivity index (χ1) is 16.5. The number of rotatable bonds is 6. The first kappa shape index (κ1) is 21.9. The fourth-order valence-electron chi connectivity index (χ4n) is 5.38. The molecule has 7 heteroatoms. The van der Waals surface area contributed by atoms with Crippen molar-refractivity contribution in [1.82, 2.24) is 15.1 Å². The van der Waals surface area contributed by atoms with Crippen LogP contribution in [0.15, 0.2) is 45.8 Å². The highest BCUT2D eigenvalue weighted by Crippen LogP contribution is 2.47. The lowest BCUT2D eigenvalue weighted by atomic mass is 9.79. The first-order valence-corrected chi connectivity index (χ1v) is 13.2. The van der Waals surface area contributed by atoms with Crippen molar-refractivity contribution < 1.29 is 14.4 Å². The molecule has 34 heavy (non-hydrogen) atoms. The molecule has 6 nitrogen and oxygen atoms in total. The van der Waals surface area contributed by atoms with Gasteiger partial charge in [0.1, 0.15) is 17.2 Å². The molecule has 2 aromatic carbocycles. The molecule has 6 rings (SSSR count). The number of aliphatic hydroxyl groups is 1. The van der Waals surface area contributed by atoms with E-state index in [-0.39, 0.29) is 6.10 Å². The van der Waals surface area contributed by atoms with E-state index in [1.165, 1.54) is 0 Å². The van der Waals surface area contributed by atoms with Gasteiger partial charge in [0.2, 0.25) is 0 Å². The van der Waals surface area contributed by atoms with E-state index >= 15 is 0 Å². The van der Waals surface area contributed by atoms with Gasteiger partial charge in [0.25, 0.3) is 0 Å². The predicted molar refractivity (Wildman–Crippen MR) is 133 cm³/mol. The Labute approximate surface area is 203 Å². The summed E-state index contributed by atoms with van der Waals surface area (Å²) in [5, 5.41) is 16.9. The van der Waals surface area contributed by atoms with E-state index in [2.05, 4.69) is 28.3 Å². The Morgan fingerprint density at radius 1 is 1.12 bits per heavy atom. The number of nitrogens with one attached hydrogen (secondary N) is 1. The topological polar surface area (TPSA) is 84.2 Å². The summed E-state index contributed by atoms with van der Waals surface area (Å²) < 4.78 is 11.7. The molecule has 3 heterocycles. The number of imidazole rings is 1. The second-order valence-electron chi connectivity index (χ2n) is 9.48. The SMILES string of the molecule is CSc1ccccc1C(O)(c1cc(-c2c(C)noc2C)cc2[nH]c(C3CC3)nc12)C1CCCO1. The van der Waals surface area contributed by atoms with Gasteiger partial charge in [-0.3, -0.25) is 0 Å². The maximum atomic E-state index is 12.8. The van der Waals surface area contributed by atoms with Gasteiger partial charge < -0.3 is 19.4 Å². The smallest absolute Gasteiger partial charge is 0.144 e. The van der Waals surface area contributed by atoms with Crippen LogP contribution in [0.5, 0.6) is 0 Å². The maximum absolute atomic E-state index is 12.8. The summed E-state index contributed by atoms with van der Waals surface area (Å²) in [6.07, 6.45) is 5.70. The van der Waals surface area contributed by atoms with Gasteiger partial charge in [-0.05, 0) is 69.5 Å². The van der Waals surface area contributed by atoms with Crippen LogP contribution in [0.2, 0.25) is 0 Å². The molecular formula is C27H29N3O3S. The molecule has 2 aliphatic rings. The summed E-state index contributed by atoms with van der Waals surface area (Å²) in [6.45, 7) is 4.53. The van der Waals surface area contributed by atoms with E-state index < -0.39 is 5.60 Å². The molecule has 2 atom stereocenters. The first-order valence-electron chi connectivity index (χ1n) is 12.0. The Bertz CT molecular complexity index is 1350. The van der Waals surface area contributed by atoms with E-state index in [1.807, 2.05) is 38.3 Å². The van der Waals surface area contributed by atoms with Crippen molar-refractivity contribution in [3.63, 3.8) is 0 Å². The number of benzene rings is 2. The van der Waals surface area contributed by atoms with Gasteiger partial charge >= 0.3 is 0 Å². The zero-order chi connectivity index (χ0) is 23.4. The van der Waals surface area contributed by atoms with Crippen LogP contribution < -0.4 is 0 Å². The number of aromatic amines is 1. The molecule has 2 fully saturated rings. The lowest BCUT2D eigenvalue weighted by molar-refractivity contribution is -0.0626. The number of thioether (sulfide) groups is 1. The summed E-state index contributed by atoms with van der Waals surface area (Å²) in [5.41, 5.74) is 4.77. The molecule has 0 radical (unpaired) electrons. The predicted octanol–water partition coefficient (Wildman–Crippen LogP) is 5.85. The fraction of sp³-hybridized carbons (Fsp3) is 0.407. The number of hydrogen-bond acceptors (Lipinski definition) is 6. The minimum Gasteiger partial charge on any atom is -0.378 e. The third kappa shape index (κ3) is 3.41. The zero-order valence-corrected chi connectivity index (χ0v) is 20.5. The molecule has 1 saturated heterocycles. The molecule has 2 unspecified atom stereocenters. The van der Waals surface area contributed by atoms with Gasteiger partial charge in [-0.2, -0.15) is 0 Å². The van der Waals surface area contributed by atoms with Crippen LogP contribution in [-0.4, -0.2) is 39.2 Å². The standard InChI is InChI=1S/C27H29N3O3S/c1-15-24(16(2)33-30-15)18-13-20(25-21(14-18)28-26(29-25)17-10-11-17)27(31,23-9-6-12-32-23)19-7-4-5-8-22(19)34-3/h4-5,7-8,13-14,17,23,31H,6,9-12H2,1-3H3,(H,28,29). The minimum absolute atomic E-state index is 0.356. The van der Waals surface area contributed by atoms with Crippen LogP contribution in [0.1, 0.15) is 60.0 Å². The second-order valence-corrected chi connectivity index (χ2v) is 10.3. The number of ether oxygens (including phenoxy) is 1. The lowest BCUT2D eigenvalue weighted by Crippen LogP contribution is -2.41. The molecule has 4 aromatic rings. The van der Waals surface area contributed by atoms with E-state index in [1.54, 1.807) is 11.8 Å². The van der Waals surface area contributed by atoms with Crippen LogP contribution in [0.4, 0.5) is 0 Å². The lowest BCUT2D eigenvalue weighted by Gasteiger charge is -2.36. The van der Waals surface area contributed by atoms with Crippen molar-refractivity contribution in [2.75, 3.05) is 12.9 Å². The largest absolute Gasteiger partial charge is 0.378 e. The van der Waals surface area contributed by atoms with Crippen molar-refractivity contribution in [3.8, 4) is 11.1 Å². The van der Waals surface area contributed by atoms with Gasteiger partial charge in [0, 0.05) is 34.1 Å². The average molecular weight is 476 g/mol. The Morgan fingerprint density at radius 3 is 2.62 bits per heavy atom. The highest BCUT2D eigenvalue weighted by molar-refractivity contribution is 7.98. The van der Waals surface area contributed by atoms with Crippen molar-refractivity contribution in [1.29, 1.82) is 0 Å². The molecule has 1 aliphatic carbocycles. The normalized spacial score (nSPS) is 20.2. The third-order valence-corrected chi connectivity index (χ3v) is 8.01. The summed E-state index contributed by atoms with van der Waals surface area (Å²) in [5.74, 6) is 2.23. The fourth-order valence-corrected chi connectivity index (χ4v) is 6.03. The highest BCUT2D eigenvalue weighted by Gasteiger charge is 2.46. The number of H-pyrrole nitrogens is 1. The number of aromatic nitrogens is 3. The number of fused-ring (bicyclic) bond motifs is 1. The van der Waals surface area contributed by atoms with Crippen molar-refractivity contribution in [2.24, 2.45) is 0 Å². The Kier molecular flexibility index (Phi) is 5.32. The summed E-state index contributed by atoms with van der Waals surface area (Å²) >= 11 is 1.64. The Morgan fingerprint density at radius 2 is 1.94 bits per heavy atom. The molecule has 176 valence electrons. The van der Waals surface area contributed by atoms with Crippen LogP contribution >= 0.6 is 11.8 Å². The molecule has 0 spiro atoms. The molecule has 1 saturated carbocycles. The monoisotopic (exact) mass is 475 g/mol. The van der Waals surface area contributed by atoms with Gasteiger partial charge in [0.15, 0.2) is 0 Å². The van der Waals surface area contributed by atoms with Crippen LogP contribution in [0.3, 0.4) is 0 Å². The van der Waals surface area contributed by atoms with E-state index in [0.29, 0.717) is 12.5 Å². The molecular weight excluding hydrogens is 446 g/mol. The highest BCUT2D eigenvalue weighted by atomic mass is 32.2. The van der Waals surface area contributed by atoms with E-state index in [9.17, 15) is 5.11 Å². The quantitative estimate of drug-likeness (QED) is 0.340. The van der Waals surface area contributed by atoms with Crippen molar-refractivity contribution >= 4 is 22.8 Å². The number of aryl methyl sites for hydroxylation is 2. The van der Waals surface area contributed by atoms with Crippen molar-refractivity contribution in [3.05, 3.63) is 64.8 Å². The Balaban J connectivity index is 1.67. The zero-order valence-electron chi connectivity index (χ0n) is 19.7. The number of hydrogen-bond donors (Lipinski definition) is 2. The molecule has 0 bridgehead atoms. The molecule has 2 N–H and O–H groups in total. The Hall–Kier alpha value is -2.61. The van der Waals surface area contributed by atoms with Crippen LogP contribution in [0, 0.1) is 13.8 Å². The average Bonchev–Trinajstić information content (AvgIpc) is 3.22. The van der Waals surface area contributed by atoms with Gasteiger partial charge in [-0.25, -0.2) is 4.98 Å². The third-order valence-electron chi connectivity index (χ3n) is 7.21. The van der Waals surface area contributed by atoms with Gasteiger partial charge in [-0.15, -0.1) is 11.8 Å². The van der Waals surface area contributed by atoms with E-state index in [4.69, 9.17) is 14.2 Å². The summed E-state index contributed by atoms with van der Waals surface area (Å²) in [4.78, 5) is 9.64. The van der Waals surface area contributed by atoms with Gasteiger partial charge in [0.05, 0.1) is 22.8 Å². The maximum Gasteiger partial charge on any atom is 0.144 e. The van der Waals surface area contributed by atoms with Crippen molar-refractivity contribution in [2.45, 2.75) is 62.0 Å². The number of nitrogens with zero attached hydrogens (tertiary/aromatic N) is 2. The molecule has 2 aromatic heterocycles. The van der Waals surface area contributed by atoms with Gasteiger partial charge in [-0.1, -0.05) is 23.4 Å². The molecule has 0 amide bonds. The minimum atomic E-state index is -1.35. The summed E-state index contributed by atoms with van der Waals surface area (Å²) in [6, 6.07) is 12.3. The van der Waals surface area contributed by atoms with Crippen LogP contribution in [-0.2, 0) is 10.3 Å². The molecule has 1 aliphatic heterocycles. The van der Waals surface area contributed by atoms with E-state index in [0.717, 1.165) is 81.1 Å². The van der Waals surface area contributed by atoms with Crippen LogP contribution in [0.25, 0.3) is 22.2 Å². The second kappa shape index (κ2) is 8.26. The summed E-state index contributed by atoms with van der Waals surface area (Å²) in [7, 11) is 0.